The highest BCUT2D eigenvalue weighted by Gasteiger charge is 2.30. The summed E-state index contributed by atoms with van der Waals surface area (Å²) >= 11 is 0. The van der Waals surface area contributed by atoms with Gasteiger partial charge in [-0.3, -0.25) is 0 Å². The highest BCUT2D eigenvalue weighted by atomic mass is 32.2. The molecule has 1 saturated heterocycles. The molecule has 1 rings (SSSR count). The fourth-order valence-corrected chi connectivity index (χ4v) is 3.09. The van der Waals surface area contributed by atoms with Gasteiger partial charge in [-0.25, -0.2) is 13.2 Å². The molecule has 1 N–H and O–H groups in total. The lowest BCUT2D eigenvalue weighted by atomic mass is 10.2. The molecule has 4 nitrogen and oxygen atoms in total. The van der Waals surface area contributed by atoms with E-state index in [-0.39, 0.29) is 12.2 Å². The molecule has 0 aromatic rings. The van der Waals surface area contributed by atoms with E-state index in [1.165, 1.54) is 0 Å². The third-order valence-corrected chi connectivity index (χ3v) is 4.26. The first-order valence-electron chi connectivity index (χ1n) is 3.96. The summed E-state index contributed by atoms with van der Waals surface area (Å²) in [6.45, 7) is 0. The first kappa shape index (κ1) is 10.1. The first-order chi connectivity index (χ1) is 6.02. The van der Waals surface area contributed by atoms with Crippen molar-refractivity contribution in [1.82, 2.24) is 0 Å². The van der Waals surface area contributed by atoms with Crippen molar-refractivity contribution in [2.75, 3.05) is 5.75 Å². The van der Waals surface area contributed by atoms with Gasteiger partial charge < -0.3 is 5.11 Å². The molecule has 0 aromatic heterocycles. The standard InChI is InChI=1S/C8H10O4S/c9-8(10)5-1-3-7-4-2-6-13(7,11)12/h7H,2-4,6H2,(H,9,10). The molecule has 0 amide bonds. The third kappa shape index (κ3) is 2.74. The van der Waals surface area contributed by atoms with Gasteiger partial charge in [-0.2, -0.15) is 0 Å². The molecule has 0 radical (unpaired) electrons. The lowest BCUT2D eigenvalue weighted by Crippen LogP contribution is -2.14. The number of rotatable bonds is 1. The predicted octanol–water partition coefficient (Wildman–Crippen LogP) is 0.0417. The van der Waals surface area contributed by atoms with Crippen molar-refractivity contribution in [2.24, 2.45) is 0 Å². The Balaban J connectivity index is 2.57. The lowest BCUT2D eigenvalue weighted by molar-refractivity contribution is -0.130. The SMILES string of the molecule is O=C(O)C#CCC1CCCS1(=O)=O. The topological polar surface area (TPSA) is 71.4 Å². The van der Waals surface area contributed by atoms with E-state index in [2.05, 4.69) is 5.92 Å². The first-order valence-corrected chi connectivity index (χ1v) is 5.67. The largest absolute Gasteiger partial charge is 0.472 e. The van der Waals surface area contributed by atoms with Crippen molar-refractivity contribution in [3.05, 3.63) is 0 Å². The Kier molecular flexibility index (Phi) is 2.94. The summed E-state index contributed by atoms with van der Waals surface area (Å²) in [5.41, 5.74) is 0. The van der Waals surface area contributed by atoms with Crippen molar-refractivity contribution in [1.29, 1.82) is 0 Å². The van der Waals surface area contributed by atoms with Gasteiger partial charge in [0.05, 0.1) is 11.0 Å². The summed E-state index contributed by atoms with van der Waals surface area (Å²) in [6.07, 6.45) is 1.42. The molecule has 0 bridgehead atoms. The molecule has 1 aliphatic heterocycles. The van der Waals surface area contributed by atoms with E-state index < -0.39 is 21.1 Å². The maximum atomic E-state index is 11.2. The third-order valence-electron chi connectivity index (χ3n) is 1.99. The molecule has 0 aromatic carbocycles. The Bertz CT molecular complexity index is 357. The summed E-state index contributed by atoms with van der Waals surface area (Å²) < 4.78 is 22.4. The van der Waals surface area contributed by atoms with E-state index >= 15 is 0 Å². The van der Waals surface area contributed by atoms with E-state index in [4.69, 9.17) is 5.11 Å². The zero-order valence-electron chi connectivity index (χ0n) is 6.99. The van der Waals surface area contributed by atoms with Gasteiger partial charge in [0.2, 0.25) is 0 Å². The molecule has 1 unspecified atom stereocenters. The van der Waals surface area contributed by atoms with Crippen LogP contribution in [0.2, 0.25) is 0 Å². The van der Waals surface area contributed by atoms with Crippen LogP contribution in [0.25, 0.3) is 0 Å². The molecule has 0 saturated carbocycles. The van der Waals surface area contributed by atoms with Crippen LogP contribution in [0.15, 0.2) is 0 Å². The van der Waals surface area contributed by atoms with Crippen molar-refractivity contribution >= 4 is 15.8 Å². The van der Waals surface area contributed by atoms with E-state index in [0.29, 0.717) is 12.8 Å². The quantitative estimate of drug-likeness (QED) is 0.609. The van der Waals surface area contributed by atoms with E-state index in [1.807, 2.05) is 5.92 Å². The Labute approximate surface area is 76.9 Å². The molecule has 13 heavy (non-hydrogen) atoms. The van der Waals surface area contributed by atoms with Gasteiger partial charge in [-0.05, 0) is 12.8 Å². The number of carboxylic acids is 1. The molecule has 0 aliphatic carbocycles. The fraction of sp³-hybridized carbons (Fsp3) is 0.625. The number of aliphatic carboxylic acids is 1. The minimum atomic E-state index is -2.98. The van der Waals surface area contributed by atoms with Gasteiger partial charge in [-0.15, -0.1) is 0 Å². The van der Waals surface area contributed by atoms with Crippen LogP contribution in [-0.2, 0) is 14.6 Å². The number of carboxylic acid groups (broad SMARTS) is 1. The van der Waals surface area contributed by atoms with Gasteiger partial charge >= 0.3 is 5.97 Å². The van der Waals surface area contributed by atoms with Crippen molar-refractivity contribution in [2.45, 2.75) is 24.5 Å². The zero-order chi connectivity index (χ0) is 9.90. The second kappa shape index (κ2) is 3.79. The zero-order valence-corrected chi connectivity index (χ0v) is 7.80. The minimum Gasteiger partial charge on any atom is -0.472 e. The minimum absolute atomic E-state index is 0.147. The van der Waals surface area contributed by atoms with Crippen molar-refractivity contribution in [3.63, 3.8) is 0 Å². The summed E-state index contributed by atoms with van der Waals surface area (Å²) in [6, 6.07) is 0. The number of carbonyl (C=O) groups is 1. The highest BCUT2D eigenvalue weighted by Crippen LogP contribution is 2.21. The second-order valence-electron chi connectivity index (χ2n) is 2.94. The second-order valence-corrected chi connectivity index (χ2v) is 5.34. The van der Waals surface area contributed by atoms with Crippen LogP contribution in [0.4, 0.5) is 0 Å². The lowest BCUT2D eigenvalue weighted by Gasteiger charge is -2.02. The Morgan fingerprint density at radius 3 is 2.69 bits per heavy atom. The number of sulfone groups is 1. The monoisotopic (exact) mass is 202 g/mol. The van der Waals surface area contributed by atoms with Crippen molar-refractivity contribution < 1.29 is 18.3 Å². The van der Waals surface area contributed by atoms with Crippen LogP contribution in [-0.4, -0.2) is 30.5 Å². The van der Waals surface area contributed by atoms with Crippen LogP contribution >= 0.6 is 0 Å². The smallest absolute Gasteiger partial charge is 0.381 e. The molecule has 1 fully saturated rings. The molecule has 0 spiro atoms. The molecule has 5 heteroatoms. The van der Waals surface area contributed by atoms with Crippen LogP contribution in [0.5, 0.6) is 0 Å². The highest BCUT2D eigenvalue weighted by molar-refractivity contribution is 7.92. The fourth-order valence-electron chi connectivity index (χ4n) is 1.33. The van der Waals surface area contributed by atoms with E-state index in [9.17, 15) is 13.2 Å². The number of hydrogen-bond acceptors (Lipinski definition) is 3. The predicted molar refractivity (Wildman–Crippen MR) is 46.8 cm³/mol. The van der Waals surface area contributed by atoms with Gasteiger partial charge in [0.25, 0.3) is 0 Å². The van der Waals surface area contributed by atoms with Gasteiger partial charge in [0, 0.05) is 12.3 Å². The molecule has 1 heterocycles. The Hall–Kier alpha value is -1.02. The molecule has 72 valence electrons. The summed E-state index contributed by atoms with van der Waals surface area (Å²) in [5.74, 6) is 3.27. The summed E-state index contributed by atoms with van der Waals surface area (Å²) in [4.78, 5) is 10.0. The van der Waals surface area contributed by atoms with Crippen LogP contribution < -0.4 is 0 Å². The number of hydrogen-bond donors (Lipinski definition) is 1. The normalized spacial score (nSPS) is 24.8. The van der Waals surface area contributed by atoms with Crippen LogP contribution in [0.3, 0.4) is 0 Å². The van der Waals surface area contributed by atoms with Crippen molar-refractivity contribution in [3.8, 4) is 11.8 Å². The molecular weight excluding hydrogens is 192 g/mol. The van der Waals surface area contributed by atoms with Gasteiger partial charge in [0.1, 0.15) is 0 Å². The average Bonchev–Trinajstić information content (AvgIpc) is 2.30. The Morgan fingerprint density at radius 2 is 2.23 bits per heavy atom. The average molecular weight is 202 g/mol. The summed E-state index contributed by atoms with van der Waals surface area (Å²) in [7, 11) is -2.98. The van der Waals surface area contributed by atoms with E-state index in [0.717, 1.165) is 0 Å². The van der Waals surface area contributed by atoms with Crippen LogP contribution in [0, 0.1) is 11.8 Å². The van der Waals surface area contributed by atoms with Crippen LogP contribution in [0.1, 0.15) is 19.3 Å². The Morgan fingerprint density at radius 1 is 1.54 bits per heavy atom. The maximum absolute atomic E-state index is 11.2. The summed E-state index contributed by atoms with van der Waals surface area (Å²) in [5, 5.41) is 7.75. The van der Waals surface area contributed by atoms with E-state index in [1.54, 1.807) is 0 Å². The van der Waals surface area contributed by atoms with Gasteiger partial charge in [-0.1, -0.05) is 5.92 Å². The molecule has 1 atom stereocenters. The molecule has 1 aliphatic rings. The van der Waals surface area contributed by atoms with Gasteiger partial charge in [0.15, 0.2) is 9.84 Å². The maximum Gasteiger partial charge on any atom is 0.381 e. The molecular formula is C8H10O4S.